The molecule has 0 aromatic heterocycles. The molecule has 1 fully saturated rings. The molecule has 8 nitrogen and oxygen atoms in total. The third-order valence-corrected chi connectivity index (χ3v) is 7.84. The molecular formula is C15H22N2O6S2. The molecule has 10 heteroatoms. The van der Waals surface area contributed by atoms with E-state index in [1.165, 1.54) is 33.5 Å². The van der Waals surface area contributed by atoms with E-state index in [1.54, 1.807) is 6.92 Å². The van der Waals surface area contributed by atoms with Gasteiger partial charge in [-0.05, 0) is 44.0 Å². The van der Waals surface area contributed by atoms with Crippen molar-refractivity contribution in [2.75, 3.05) is 30.2 Å². The Morgan fingerprint density at radius 1 is 1.16 bits per heavy atom. The molecule has 1 heterocycles. The number of benzene rings is 1. The number of carbonyl (C=O) groups is 1. The normalized spacial score (nSPS) is 16.6. The van der Waals surface area contributed by atoms with Gasteiger partial charge in [0.15, 0.2) is 9.84 Å². The molecule has 1 aliphatic heterocycles. The first kappa shape index (κ1) is 19.5. The van der Waals surface area contributed by atoms with Gasteiger partial charge in [-0.15, -0.1) is 0 Å². The van der Waals surface area contributed by atoms with Crippen LogP contribution in [0.4, 0.5) is 10.5 Å². The molecule has 1 aromatic rings. The predicted molar refractivity (Wildman–Crippen MR) is 94.1 cm³/mol. The second-order valence-electron chi connectivity index (χ2n) is 5.94. The number of sulfone groups is 1. The standard InChI is InChI=1S/C15H22N2O6S2/c1-3-17(24(2,20)21)12-4-6-13(7-5-12)25(22,23)14-8-10-16(11-9-14)15(18)19/h4-7,14H,3,8-11H2,1-2H3,(H,18,19). The molecule has 0 unspecified atom stereocenters. The topological polar surface area (TPSA) is 112 Å². The molecular weight excluding hydrogens is 368 g/mol. The molecule has 1 aliphatic rings. The number of piperidine rings is 1. The highest BCUT2D eigenvalue weighted by molar-refractivity contribution is 7.92. The smallest absolute Gasteiger partial charge is 0.407 e. The Morgan fingerprint density at radius 3 is 2.08 bits per heavy atom. The highest BCUT2D eigenvalue weighted by Crippen LogP contribution is 2.27. The zero-order valence-electron chi connectivity index (χ0n) is 14.1. The first-order valence-corrected chi connectivity index (χ1v) is 11.3. The highest BCUT2D eigenvalue weighted by atomic mass is 32.2. The lowest BCUT2D eigenvalue weighted by Crippen LogP contribution is -2.41. The lowest BCUT2D eigenvalue weighted by molar-refractivity contribution is 0.136. The van der Waals surface area contributed by atoms with Gasteiger partial charge in [0.25, 0.3) is 0 Å². The summed E-state index contributed by atoms with van der Waals surface area (Å²) in [7, 11) is -7.01. The van der Waals surface area contributed by atoms with Crippen LogP contribution >= 0.6 is 0 Å². The fourth-order valence-corrected chi connectivity index (χ4v) is 5.67. The van der Waals surface area contributed by atoms with Gasteiger partial charge < -0.3 is 10.0 Å². The molecule has 1 aromatic carbocycles. The first-order chi connectivity index (χ1) is 11.6. The molecule has 1 N–H and O–H groups in total. The van der Waals surface area contributed by atoms with E-state index in [-0.39, 0.29) is 37.4 Å². The summed E-state index contributed by atoms with van der Waals surface area (Å²) >= 11 is 0. The molecule has 0 spiro atoms. The number of sulfonamides is 1. The first-order valence-electron chi connectivity index (χ1n) is 7.87. The summed E-state index contributed by atoms with van der Waals surface area (Å²) in [4.78, 5) is 12.2. The van der Waals surface area contributed by atoms with E-state index >= 15 is 0 Å². The maximum atomic E-state index is 12.7. The Balaban J connectivity index is 2.20. The number of anilines is 1. The summed E-state index contributed by atoms with van der Waals surface area (Å²) in [6.45, 7) is 2.32. The van der Waals surface area contributed by atoms with Crippen molar-refractivity contribution < 1.29 is 26.7 Å². The van der Waals surface area contributed by atoms with Gasteiger partial charge in [0.2, 0.25) is 10.0 Å². The number of carboxylic acid groups (broad SMARTS) is 1. The summed E-state index contributed by atoms with van der Waals surface area (Å²) in [5, 5.41) is 8.31. The fraction of sp³-hybridized carbons (Fsp3) is 0.533. The van der Waals surface area contributed by atoms with Gasteiger partial charge in [-0.1, -0.05) is 0 Å². The minimum absolute atomic E-state index is 0.120. The monoisotopic (exact) mass is 390 g/mol. The van der Waals surface area contributed by atoms with Crippen LogP contribution in [0.2, 0.25) is 0 Å². The van der Waals surface area contributed by atoms with Crippen molar-refractivity contribution in [1.29, 1.82) is 0 Å². The van der Waals surface area contributed by atoms with E-state index in [0.717, 1.165) is 6.26 Å². The molecule has 0 radical (unpaired) electrons. The Morgan fingerprint density at radius 2 is 1.68 bits per heavy atom. The summed E-state index contributed by atoms with van der Waals surface area (Å²) in [6.07, 6.45) is 0.555. The number of rotatable bonds is 5. The number of hydrogen-bond acceptors (Lipinski definition) is 5. The zero-order valence-corrected chi connectivity index (χ0v) is 15.8. The van der Waals surface area contributed by atoms with Gasteiger partial charge in [-0.3, -0.25) is 4.31 Å². The molecule has 0 aliphatic carbocycles. The Kier molecular flexibility index (Phi) is 5.62. The lowest BCUT2D eigenvalue weighted by Gasteiger charge is -2.29. The Bertz CT molecular complexity index is 825. The summed E-state index contributed by atoms with van der Waals surface area (Å²) in [6, 6.07) is 5.76. The Labute approximate surface area is 148 Å². The van der Waals surface area contributed by atoms with Crippen LogP contribution in [0.25, 0.3) is 0 Å². The van der Waals surface area contributed by atoms with Crippen molar-refractivity contribution in [2.45, 2.75) is 29.9 Å². The van der Waals surface area contributed by atoms with Crippen molar-refractivity contribution in [3.63, 3.8) is 0 Å². The van der Waals surface area contributed by atoms with E-state index < -0.39 is 31.2 Å². The predicted octanol–water partition coefficient (Wildman–Crippen LogP) is 1.39. The molecule has 0 bridgehead atoms. The number of likely N-dealkylation sites (tertiary alicyclic amines) is 1. The van der Waals surface area contributed by atoms with Crippen LogP contribution in [0.5, 0.6) is 0 Å². The maximum absolute atomic E-state index is 12.7. The molecule has 1 saturated heterocycles. The van der Waals surface area contributed by atoms with Crippen LogP contribution in [-0.2, 0) is 19.9 Å². The van der Waals surface area contributed by atoms with Gasteiger partial charge in [0.1, 0.15) is 0 Å². The van der Waals surface area contributed by atoms with Crippen molar-refractivity contribution in [3.05, 3.63) is 24.3 Å². The zero-order chi connectivity index (χ0) is 18.8. The van der Waals surface area contributed by atoms with Crippen molar-refractivity contribution in [1.82, 2.24) is 4.90 Å². The Hall–Kier alpha value is -1.81. The van der Waals surface area contributed by atoms with Crippen LogP contribution in [0.15, 0.2) is 29.2 Å². The van der Waals surface area contributed by atoms with E-state index in [2.05, 4.69) is 0 Å². The van der Waals surface area contributed by atoms with Crippen LogP contribution in [0.3, 0.4) is 0 Å². The third kappa shape index (κ3) is 4.24. The van der Waals surface area contributed by atoms with Crippen molar-refractivity contribution >= 4 is 31.6 Å². The maximum Gasteiger partial charge on any atom is 0.407 e. The van der Waals surface area contributed by atoms with E-state index in [0.29, 0.717) is 5.69 Å². The lowest BCUT2D eigenvalue weighted by atomic mass is 10.1. The minimum Gasteiger partial charge on any atom is -0.465 e. The van der Waals surface area contributed by atoms with Crippen LogP contribution < -0.4 is 4.31 Å². The quantitative estimate of drug-likeness (QED) is 0.813. The second kappa shape index (κ2) is 7.20. The SMILES string of the molecule is CCN(c1ccc(S(=O)(=O)C2CCN(C(=O)O)CC2)cc1)S(C)(=O)=O. The molecule has 0 atom stereocenters. The van der Waals surface area contributed by atoms with Gasteiger partial charge in [0.05, 0.1) is 22.1 Å². The minimum atomic E-state index is -3.58. The molecule has 140 valence electrons. The van der Waals surface area contributed by atoms with Gasteiger partial charge in [0, 0.05) is 19.6 Å². The van der Waals surface area contributed by atoms with Crippen LogP contribution in [-0.4, -0.2) is 64.1 Å². The average Bonchev–Trinajstić information content (AvgIpc) is 2.54. The number of amides is 1. The molecule has 2 rings (SSSR count). The van der Waals surface area contributed by atoms with Gasteiger partial charge in [-0.2, -0.15) is 0 Å². The highest BCUT2D eigenvalue weighted by Gasteiger charge is 2.32. The van der Waals surface area contributed by atoms with E-state index in [1.807, 2.05) is 0 Å². The van der Waals surface area contributed by atoms with Crippen molar-refractivity contribution in [3.8, 4) is 0 Å². The molecule has 0 saturated carbocycles. The van der Waals surface area contributed by atoms with Crippen LogP contribution in [0, 0.1) is 0 Å². The van der Waals surface area contributed by atoms with E-state index in [4.69, 9.17) is 5.11 Å². The van der Waals surface area contributed by atoms with Gasteiger partial charge in [-0.25, -0.2) is 21.6 Å². The third-order valence-electron chi connectivity index (χ3n) is 4.29. The number of hydrogen-bond donors (Lipinski definition) is 1. The molecule has 1 amide bonds. The molecule has 25 heavy (non-hydrogen) atoms. The summed E-state index contributed by atoms with van der Waals surface area (Å²) < 4.78 is 50.1. The van der Waals surface area contributed by atoms with Crippen LogP contribution in [0.1, 0.15) is 19.8 Å². The van der Waals surface area contributed by atoms with E-state index in [9.17, 15) is 21.6 Å². The fourth-order valence-electron chi connectivity index (χ4n) is 2.96. The second-order valence-corrected chi connectivity index (χ2v) is 10.1. The average molecular weight is 390 g/mol. The van der Waals surface area contributed by atoms with Gasteiger partial charge >= 0.3 is 6.09 Å². The van der Waals surface area contributed by atoms with Crippen molar-refractivity contribution in [2.24, 2.45) is 0 Å². The number of nitrogens with zero attached hydrogens (tertiary/aromatic N) is 2. The summed E-state index contributed by atoms with van der Waals surface area (Å²) in [5.41, 5.74) is 0.407. The largest absolute Gasteiger partial charge is 0.465 e. The summed E-state index contributed by atoms with van der Waals surface area (Å²) in [5.74, 6) is 0.